The monoisotopic (exact) mass is 805 g/mol. The van der Waals surface area contributed by atoms with Gasteiger partial charge in [-0.1, -0.05) is 45.7 Å². The molecule has 0 aliphatic carbocycles. The molecular formula is C42H59N7O5S2. The van der Waals surface area contributed by atoms with E-state index in [9.17, 15) is 14.4 Å². The number of aromatic nitrogens is 3. The lowest BCUT2D eigenvalue weighted by atomic mass is 9.84. The van der Waals surface area contributed by atoms with E-state index in [-0.39, 0.29) is 47.5 Å². The third-order valence-corrected chi connectivity index (χ3v) is 12.6. The number of nitrogens with zero attached hydrogens (tertiary/aromatic N) is 6. The largest absolute Gasteiger partial charge is 0.467 e. The van der Waals surface area contributed by atoms with E-state index in [4.69, 9.17) is 19.4 Å². The first-order valence-electron chi connectivity index (χ1n) is 19.5. The van der Waals surface area contributed by atoms with Crippen LogP contribution in [0.1, 0.15) is 76.8 Å². The predicted molar refractivity (Wildman–Crippen MR) is 226 cm³/mol. The molecule has 1 N–H and O–H groups in total. The van der Waals surface area contributed by atoms with Crippen molar-refractivity contribution in [3.63, 3.8) is 0 Å². The Morgan fingerprint density at radius 3 is 2.55 bits per heavy atom. The molecule has 0 spiro atoms. The van der Waals surface area contributed by atoms with E-state index in [1.807, 2.05) is 62.7 Å². The quantitative estimate of drug-likeness (QED) is 0.0829. The average Bonchev–Trinajstić information content (AvgIpc) is 3.76. The lowest BCUT2D eigenvalue weighted by Crippen LogP contribution is -2.57. The van der Waals surface area contributed by atoms with Crippen LogP contribution in [0.25, 0.3) is 33.4 Å². The normalized spacial score (nSPS) is 15.7. The van der Waals surface area contributed by atoms with Gasteiger partial charge in [-0.25, -0.2) is 9.99 Å². The molecule has 304 valence electrons. The molecule has 3 atom stereocenters. The van der Waals surface area contributed by atoms with Crippen molar-refractivity contribution in [2.24, 2.45) is 11.3 Å². The third kappa shape index (κ3) is 10.00. The number of benzene rings is 1. The van der Waals surface area contributed by atoms with Crippen molar-refractivity contribution in [3.8, 4) is 22.5 Å². The zero-order valence-corrected chi connectivity index (χ0v) is 36.3. The van der Waals surface area contributed by atoms with E-state index in [0.29, 0.717) is 19.4 Å². The summed E-state index contributed by atoms with van der Waals surface area (Å²) in [5.74, 6) is -0.199. The topological polar surface area (TPSA) is 122 Å². The summed E-state index contributed by atoms with van der Waals surface area (Å²) in [7, 11) is 7.48. The molecule has 4 aromatic rings. The number of thiazole rings is 1. The van der Waals surface area contributed by atoms with Crippen LogP contribution in [0.4, 0.5) is 0 Å². The summed E-state index contributed by atoms with van der Waals surface area (Å²) in [6.07, 6.45) is 4.44. The highest BCUT2D eigenvalue weighted by Crippen LogP contribution is 2.42. The van der Waals surface area contributed by atoms with Gasteiger partial charge < -0.3 is 19.4 Å². The third-order valence-electron chi connectivity index (χ3n) is 10.3. The maximum atomic E-state index is 14.2. The van der Waals surface area contributed by atoms with Gasteiger partial charge >= 0.3 is 0 Å². The van der Waals surface area contributed by atoms with Gasteiger partial charge in [0.1, 0.15) is 11.3 Å². The average molecular weight is 806 g/mol. The molecule has 1 fully saturated rings. The molecule has 1 aliphatic rings. The molecule has 0 saturated carbocycles. The highest BCUT2D eigenvalue weighted by atomic mass is 32.2. The summed E-state index contributed by atoms with van der Waals surface area (Å²) in [5, 5.41) is 10.4. The highest BCUT2D eigenvalue weighted by molar-refractivity contribution is 7.98. The molecule has 0 radical (unpaired) electrons. The summed E-state index contributed by atoms with van der Waals surface area (Å²) in [6.45, 7) is 15.3. The number of ether oxygens (including phenoxy) is 2. The van der Waals surface area contributed by atoms with E-state index in [1.54, 1.807) is 18.3 Å². The molecular weight excluding hydrogens is 747 g/mol. The first kappa shape index (κ1) is 43.3. The lowest BCUT2D eigenvalue weighted by Gasteiger charge is -2.38. The maximum absolute atomic E-state index is 14.2. The zero-order chi connectivity index (χ0) is 40.7. The first-order chi connectivity index (χ1) is 26.7. The Morgan fingerprint density at radius 2 is 1.89 bits per heavy atom. The minimum atomic E-state index is -0.764. The zero-order valence-electron chi connectivity index (χ0n) is 34.6. The SMILES string of the molecule is CCn1c(-c2cccnc2C(C)OC)c(CC(C)(C)COC=O)c2cc(-c3csc(CC(NC(=O)C(SN(C)C)C(C)C)C(=O)N4CCCCN4C)n3)ccc21. The fraction of sp³-hybridized carbons (Fsp3) is 0.548. The minimum absolute atomic E-state index is 0.0708. The number of hydrogen-bond donors (Lipinski definition) is 1. The van der Waals surface area contributed by atoms with Gasteiger partial charge in [-0.2, -0.15) is 0 Å². The van der Waals surface area contributed by atoms with E-state index >= 15 is 0 Å². The molecule has 0 bridgehead atoms. The Balaban J connectivity index is 1.56. The maximum Gasteiger partial charge on any atom is 0.293 e. The van der Waals surface area contributed by atoms with Gasteiger partial charge in [0.15, 0.2) is 0 Å². The number of hydrazine groups is 1. The second kappa shape index (κ2) is 19.1. The van der Waals surface area contributed by atoms with E-state index in [2.05, 4.69) is 54.9 Å². The molecule has 1 aliphatic heterocycles. The van der Waals surface area contributed by atoms with Crippen LogP contribution >= 0.6 is 23.3 Å². The van der Waals surface area contributed by atoms with Crippen LogP contribution < -0.4 is 5.32 Å². The van der Waals surface area contributed by atoms with Crippen molar-refractivity contribution >= 4 is 52.5 Å². The summed E-state index contributed by atoms with van der Waals surface area (Å²) < 4.78 is 15.3. The molecule has 14 heteroatoms. The molecule has 1 aromatic carbocycles. The molecule has 4 heterocycles. The van der Waals surface area contributed by atoms with Crippen molar-refractivity contribution in [3.05, 3.63) is 58.2 Å². The Bertz CT molecular complexity index is 1980. The van der Waals surface area contributed by atoms with E-state index in [0.717, 1.165) is 75.6 Å². The summed E-state index contributed by atoms with van der Waals surface area (Å²) >= 11 is 2.97. The molecule has 5 rings (SSSR count). The van der Waals surface area contributed by atoms with Crippen molar-refractivity contribution in [2.75, 3.05) is 47.9 Å². The van der Waals surface area contributed by atoms with Crippen molar-refractivity contribution in [1.29, 1.82) is 0 Å². The number of methoxy groups -OCH3 is 1. The van der Waals surface area contributed by atoms with Crippen LogP contribution in [-0.4, -0.2) is 106 Å². The van der Waals surface area contributed by atoms with E-state index < -0.39 is 6.04 Å². The molecule has 56 heavy (non-hydrogen) atoms. The van der Waals surface area contributed by atoms with Gasteiger partial charge in [0.2, 0.25) is 5.91 Å². The van der Waals surface area contributed by atoms with Crippen LogP contribution in [0.3, 0.4) is 0 Å². The number of carbonyl (C=O) groups excluding carboxylic acids is 3. The number of amides is 2. The predicted octanol–water partition coefficient (Wildman–Crippen LogP) is 7.03. The Kier molecular flexibility index (Phi) is 14.8. The summed E-state index contributed by atoms with van der Waals surface area (Å²) in [6, 6.07) is 9.75. The minimum Gasteiger partial charge on any atom is -0.467 e. The molecule has 1 saturated heterocycles. The van der Waals surface area contributed by atoms with Gasteiger partial charge in [0.05, 0.1) is 34.8 Å². The van der Waals surface area contributed by atoms with Crippen molar-refractivity contribution < 1.29 is 23.9 Å². The lowest BCUT2D eigenvalue weighted by molar-refractivity contribution is -0.153. The number of aryl methyl sites for hydroxylation is 1. The number of nitrogens with one attached hydrogen (secondary N) is 1. The number of pyridine rings is 1. The number of fused-ring (bicyclic) bond motifs is 1. The fourth-order valence-corrected chi connectivity index (χ4v) is 9.17. The van der Waals surface area contributed by atoms with Gasteiger partial charge in [0, 0.05) is 79.2 Å². The van der Waals surface area contributed by atoms with Gasteiger partial charge in [-0.3, -0.25) is 28.7 Å². The Labute approximate surface area is 340 Å². The van der Waals surface area contributed by atoms with Gasteiger partial charge in [-0.05, 0) is 83.0 Å². The molecule has 12 nitrogen and oxygen atoms in total. The smallest absolute Gasteiger partial charge is 0.293 e. The summed E-state index contributed by atoms with van der Waals surface area (Å²) in [4.78, 5) is 49.0. The van der Waals surface area contributed by atoms with Crippen LogP contribution in [0.5, 0.6) is 0 Å². The molecule has 3 aromatic heterocycles. The van der Waals surface area contributed by atoms with Gasteiger partial charge in [-0.15, -0.1) is 11.3 Å². The van der Waals surface area contributed by atoms with Crippen LogP contribution in [0.2, 0.25) is 0 Å². The second-order valence-electron chi connectivity index (χ2n) is 15.9. The molecule has 3 unspecified atom stereocenters. The fourth-order valence-electron chi connectivity index (χ4n) is 7.46. The van der Waals surface area contributed by atoms with Crippen LogP contribution in [0.15, 0.2) is 41.9 Å². The second-order valence-corrected chi connectivity index (χ2v) is 18.3. The Hall–Kier alpha value is -3.82. The first-order valence-corrected chi connectivity index (χ1v) is 21.2. The Morgan fingerprint density at radius 1 is 1.14 bits per heavy atom. The highest BCUT2D eigenvalue weighted by Gasteiger charge is 2.34. The van der Waals surface area contributed by atoms with Crippen molar-refractivity contribution in [1.82, 2.24) is 34.2 Å². The summed E-state index contributed by atoms with van der Waals surface area (Å²) in [5.41, 5.74) is 6.52. The number of rotatable bonds is 18. The van der Waals surface area contributed by atoms with Crippen molar-refractivity contribution in [2.45, 2.75) is 91.2 Å². The molecule has 2 amide bonds. The standard InChI is InChI=1S/C42H59N7O5S2/c1-11-48-35-17-16-29(21-31(35)32(23-42(5,6)25-54-26-50)38(48)30-15-14-18-43-37(30)28(4)53-10)34-24-55-36(44-34)22-33(41(52)49-20-13-12-19-47(49)9)45-40(51)39(27(2)3)56-46(7)8/h14-18,21,24,26-28,33,39H,11-13,19-20,22-23,25H2,1-10H3,(H,45,51). The van der Waals surface area contributed by atoms with Crippen LogP contribution in [0, 0.1) is 11.3 Å². The number of hydrogen-bond acceptors (Lipinski definition) is 11. The number of carbonyl (C=O) groups is 3. The van der Waals surface area contributed by atoms with E-state index in [1.165, 1.54) is 23.3 Å². The van der Waals surface area contributed by atoms with Gasteiger partial charge in [0.25, 0.3) is 12.4 Å². The van der Waals surface area contributed by atoms with Crippen LogP contribution in [-0.2, 0) is 43.2 Å².